The predicted octanol–water partition coefficient (Wildman–Crippen LogP) is 2.12. The van der Waals surface area contributed by atoms with Crippen molar-refractivity contribution in [3.05, 3.63) is 44.2 Å². The summed E-state index contributed by atoms with van der Waals surface area (Å²) in [6.45, 7) is 2.78. The summed E-state index contributed by atoms with van der Waals surface area (Å²) >= 11 is 0. The minimum absolute atomic E-state index is 0.0117. The molecule has 3 aromatic rings. The predicted molar refractivity (Wildman–Crippen MR) is 113 cm³/mol. The van der Waals surface area contributed by atoms with E-state index in [1.165, 1.54) is 7.11 Å². The molecule has 31 heavy (non-hydrogen) atoms. The largest absolute Gasteiger partial charge is 0.492 e. The zero-order chi connectivity index (χ0) is 21.9. The first-order chi connectivity index (χ1) is 14.9. The van der Waals surface area contributed by atoms with Gasteiger partial charge in [-0.3, -0.25) is 14.3 Å². The molecule has 1 saturated carbocycles. The average molecular weight is 429 g/mol. The number of halogens is 1. The molecule has 1 aliphatic heterocycles. The van der Waals surface area contributed by atoms with Crippen LogP contribution < -0.4 is 26.6 Å². The fraction of sp³-hybridized carbons (Fsp3) is 0.476. The number of nitrogens with zero attached hydrogens (tertiary/aromatic N) is 3. The van der Waals surface area contributed by atoms with Crippen molar-refractivity contribution >= 4 is 22.6 Å². The van der Waals surface area contributed by atoms with Crippen LogP contribution in [0.15, 0.2) is 20.3 Å². The van der Waals surface area contributed by atoms with Crippen LogP contribution in [-0.4, -0.2) is 34.7 Å². The number of aromatic amines is 1. The lowest BCUT2D eigenvalue weighted by Gasteiger charge is -2.25. The van der Waals surface area contributed by atoms with E-state index in [1.54, 1.807) is 17.8 Å². The Balaban J connectivity index is 1.62. The molecule has 1 unspecified atom stereocenters. The molecule has 0 radical (unpaired) electrons. The molecule has 164 valence electrons. The maximum absolute atomic E-state index is 15.6. The molecule has 5 rings (SSSR count). The van der Waals surface area contributed by atoms with Crippen molar-refractivity contribution in [2.24, 2.45) is 5.92 Å². The number of rotatable bonds is 5. The number of hydrogen-bond donors (Lipinski definition) is 2. The highest BCUT2D eigenvalue weighted by Gasteiger charge is 2.34. The highest BCUT2D eigenvalue weighted by molar-refractivity contribution is 5.93. The minimum atomic E-state index is -0.596. The van der Waals surface area contributed by atoms with Crippen LogP contribution in [0.1, 0.15) is 36.6 Å². The van der Waals surface area contributed by atoms with Gasteiger partial charge in [-0.05, 0) is 38.5 Å². The van der Waals surface area contributed by atoms with Gasteiger partial charge in [0.25, 0.3) is 11.6 Å². The van der Waals surface area contributed by atoms with Crippen LogP contribution in [0.5, 0.6) is 5.75 Å². The summed E-state index contributed by atoms with van der Waals surface area (Å²) in [4.78, 5) is 33.6. The summed E-state index contributed by atoms with van der Waals surface area (Å²) in [5.41, 5.74) is 6.13. The Morgan fingerprint density at radius 2 is 2.13 bits per heavy atom. The number of benzene rings is 1. The molecule has 0 spiro atoms. The van der Waals surface area contributed by atoms with Gasteiger partial charge in [0, 0.05) is 24.7 Å². The Labute approximate surface area is 176 Å². The fourth-order valence-electron chi connectivity index (χ4n) is 4.69. The molecule has 2 aliphatic rings. The molecule has 0 bridgehead atoms. The number of nitrogens with two attached hydrogens (primary N) is 1. The molecule has 1 saturated heterocycles. The second-order valence-corrected chi connectivity index (χ2v) is 8.39. The van der Waals surface area contributed by atoms with Gasteiger partial charge >= 0.3 is 5.69 Å². The number of nitrogens with one attached hydrogen (secondary N) is 1. The number of ether oxygens (including phenoxy) is 1. The maximum atomic E-state index is 15.6. The van der Waals surface area contributed by atoms with Gasteiger partial charge in [-0.25, -0.2) is 9.18 Å². The first-order valence-corrected chi connectivity index (χ1v) is 10.4. The third-order valence-electron chi connectivity index (χ3n) is 6.27. The lowest BCUT2D eigenvalue weighted by Crippen LogP contribution is -2.32. The van der Waals surface area contributed by atoms with E-state index in [9.17, 15) is 9.59 Å². The standard InChI is InChI=1S/C21H24FN5O4/c1-10-14-16(27(13-3-4-13)21(29)25-19(14)28)18(30-2)17(15(10)22)26-6-5-11(8-26)7-12-9-31-20(23)24-12/h9,11,13H,3-8H2,1-2H3,(H2,23,24)(H,25,28,29). The third kappa shape index (κ3) is 3.17. The number of nitrogen functional groups attached to an aromatic ring is 1. The first-order valence-electron chi connectivity index (χ1n) is 10.4. The van der Waals surface area contributed by atoms with E-state index in [1.807, 2.05) is 4.90 Å². The van der Waals surface area contributed by atoms with Crippen LogP contribution in [0.3, 0.4) is 0 Å². The topological polar surface area (TPSA) is 119 Å². The molecule has 1 aromatic carbocycles. The SMILES string of the molecule is COc1c(N2CCC(Cc3coc(N)n3)C2)c(F)c(C)c2c(=O)[nH]c(=O)n(C3CC3)c12. The van der Waals surface area contributed by atoms with E-state index >= 15 is 4.39 Å². The van der Waals surface area contributed by atoms with E-state index in [4.69, 9.17) is 14.9 Å². The van der Waals surface area contributed by atoms with Gasteiger partial charge in [0.1, 0.15) is 17.5 Å². The third-order valence-corrected chi connectivity index (χ3v) is 6.27. The van der Waals surface area contributed by atoms with Gasteiger partial charge in [0.05, 0.1) is 18.2 Å². The Hall–Kier alpha value is -3.30. The van der Waals surface area contributed by atoms with Crippen molar-refractivity contribution in [3.63, 3.8) is 0 Å². The summed E-state index contributed by atoms with van der Waals surface area (Å²) < 4.78 is 27.9. The molecule has 2 aromatic heterocycles. The fourth-order valence-corrected chi connectivity index (χ4v) is 4.69. The van der Waals surface area contributed by atoms with E-state index < -0.39 is 17.1 Å². The van der Waals surface area contributed by atoms with Crippen molar-refractivity contribution in [1.29, 1.82) is 0 Å². The van der Waals surface area contributed by atoms with Crippen LogP contribution >= 0.6 is 0 Å². The lowest BCUT2D eigenvalue weighted by atomic mass is 10.0. The molecule has 9 nitrogen and oxygen atoms in total. The molecule has 10 heteroatoms. The Morgan fingerprint density at radius 1 is 1.35 bits per heavy atom. The van der Waals surface area contributed by atoms with Gasteiger partial charge < -0.3 is 19.8 Å². The van der Waals surface area contributed by atoms with Crippen molar-refractivity contribution in [3.8, 4) is 5.75 Å². The monoisotopic (exact) mass is 429 g/mol. The second kappa shape index (κ2) is 7.14. The van der Waals surface area contributed by atoms with Crippen LogP contribution in [-0.2, 0) is 6.42 Å². The summed E-state index contributed by atoms with van der Waals surface area (Å²) in [7, 11) is 1.45. The Morgan fingerprint density at radius 3 is 2.77 bits per heavy atom. The smallest absolute Gasteiger partial charge is 0.329 e. The summed E-state index contributed by atoms with van der Waals surface area (Å²) in [6, 6.07) is 0.119. The molecule has 2 fully saturated rings. The van der Waals surface area contributed by atoms with Gasteiger partial charge in [0.2, 0.25) is 0 Å². The van der Waals surface area contributed by atoms with E-state index in [0.717, 1.165) is 25.0 Å². The maximum Gasteiger partial charge on any atom is 0.329 e. The van der Waals surface area contributed by atoms with Crippen LogP contribution in [0, 0.1) is 18.7 Å². The van der Waals surface area contributed by atoms with Gasteiger partial charge in [-0.1, -0.05) is 0 Å². The molecule has 3 N–H and O–H groups in total. The first kappa shape index (κ1) is 19.7. The number of anilines is 2. The quantitative estimate of drug-likeness (QED) is 0.637. The highest BCUT2D eigenvalue weighted by Crippen LogP contribution is 2.44. The molecule has 3 heterocycles. The molecular weight excluding hydrogens is 405 g/mol. The van der Waals surface area contributed by atoms with Crippen LogP contribution in [0.25, 0.3) is 10.9 Å². The van der Waals surface area contributed by atoms with E-state index in [2.05, 4.69) is 9.97 Å². The van der Waals surface area contributed by atoms with Crippen molar-refractivity contribution in [2.45, 2.75) is 38.6 Å². The lowest BCUT2D eigenvalue weighted by molar-refractivity contribution is 0.412. The van der Waals surface area contributed by atoms with Gasteiger partial charge in [-0.2, -0.15) is 4.98 Å². The summed E-state index contributed by atoms with van der Waals surface area (Å²) in [6.07, 6.45) is 4.71. The minimum Gasteiger partial charge on any atom is -0.492 e. The normalized spacial score (nSPS) is 18.8. The van der Waals surface area contributed by atoms with Crippen molar-refractivity contribution in [1.82, 2.24) is 14.5 Å². The number of aryl methyl sites for hydroxylation is 1. The van der Waals surface area contributed by atoms with Crippen molar-refractivity contribution < 1.29 is 13.5 Å². The van der Waals surface area contributed by atoms with E-state index in [-0.39, 0.29) is 34.7 Å². The number of oxazole rings is 1. The zero-order valence-electron chi connectivity index (χ0n) is 17.4. The van der Waals surface area contributed by atoms with Gasteiger partial charge in [-0.15, -0.1) is 0 Å². The number of methoxy groups -OCH3 is 1. The van der Waals surface area contributed by atoms with Crippen LogP contribution in [0.4, 0.5) is 16.1 Å². The summed E-state index contributed by atoms with van der Waals surface area (Å²) in [5, 5.41) is 0.165. The van der Waals surface area contributed by atoms with Gasteiger partial charge in [0.15, 0.2) is 11.6 Å². The Kier molecular flexibility index (Phi) is 4.53. The van der Waals surface area contributed by atoms with Crippen molar-refractivity contribution in [2.75, 3.05) is 30.8 Å². The molecular formula is C21H24FN5O4. The molecule has 1 aliphatic carbocycles. The number of fused-ring (bicyclic) bond motifs is 1. The summed E-state index contributed by atoms with van der Waals surface area (Å²) in [5.74, 6) is -0.0314. The molecule has 0 amide bonds. The number of hydrogen-bond acceptors (Lipinski definition) is 7. The number of aromatic nitrogens is 3. The Bertz CT molecular complexity index is 1290. The average Bonchev–Trinajstić information content (AvgIpc) is 3.32. The van der Waals surface area contributed by atoms with E-state index in [0.29, 0.717) is 30.7 Å². The highest BCUT2D eigenvalue weighted by atomic mass is 19.1. The van der Waals surface area contributed by atoms with Crippen LogP contribution in [0.2, 0.25) is 0 Å². The molecule has 1 atom stereocenters. The zero-order valence-corrected chi connectivity index (χ0v) is 17.4. The second-order valence-electron chi connectivity index (χ2n) is 8.39. The number of H-pyrrole nitrogens is 1.